The van der Waals surface area contributed by atoms with E-state index in [0.717, 1.165) is 11.3 Å². The molecule has 2 aromatic rings. The summed E-state index contributed by atoms with van der Waals surface area (Å²) in [6, 6.07) is 5.76. The fraction of sp³-hybridized carbons (Fsp3) is 0.417. The normalized spacial score (nSPS) is 17.3. The van der Waals surface area contributed by atoms with Gasteiger partial charge in [0.1, 0.15) is 16.8 Å². The van der Waals surface area contributed by atoms with E-state index in [1.165, 1.54) is 25.7 Å². The molecule has 0 saturated heterocycles. The van der Waals surface area contributed by atoms with E-state index in [-0.39, 0.29) is 0 Å². The van der Waals surface area contributed by atoms with E-state index in [1.54, 1.807) is 0 Å². The van der Waals surface area contributed by atoms with Crippen molar-refractivity contribution in [3.8, 4) is 0 Å². The number of imidazole rings is 1. The second kappa shape index (κ2) is 3.67. The third-order valence-corrected chi connectivity index (χ3v) is 3.68. The maximum absolute atomic E-state index is 6.22. The fourth-order valence-corrected chi connectivity index (χ4v) is 2.85. The van der Waals surface area contributed by atoms with Gasteiger partial charge in [-0.1, -0.05) is 30.5 Å². The van der Waals surface area contributed by atoms with Crippen LogP contribution in [0.5, 0.6) is 0 Å². The predicted octanol–water partition coefficient (Wildman–Crippen LogP) is 3.23. The number of anilines is 1. The number of nitrogen functional groups attached to an aromatic ring is 1. The summed E-state index contributed by atoms with van der Waals surface area (Å²) in [4.78, 5) is 4.49. The molecule has 4 heteroatoms. The minimum absolute atomic E-state index is 0.518. The van der Waals surface area contributed by atoms with Crippen LogP contribution >= 0.6 is 11.6 Å². The largest absolute Gasteiger partial charge is 0.382 e. The Kier molecular flexibility index (Phi) is 2.28. The van der Waals surface area contributed by atoms with Gasteiger partial charge in [-0.2, -0.15) is 0 Å². The SMILES string of the molecule is Nc1nc(C2CCCC2)n2c(Cl)cccc12. The predicted molar refractivity (Wildman–Crippen MR) is 65.8 cm³/mol. The smallest absolute Gasteiger partial charge is 0.149 e. The summed E-state index contributed by atoms with van der Waals surface area (Å²) in [5, 5.41) is 0.698. The molecule has 0 bridgehead atoms. The van der Waals surface area contributed by atoms with Crippen molar-refractivity contribution in [2.24, 2.45) is 0 Å². The second-order valence-electron chi connectivity index (χ2n) is 4.41. The Balaban J connectivity index is 2.24. The molecule has 3 rings (SSSR count). The van der Waals surface area contributed by atoms with Gasteiger partial charge in [0.15, 0.2) is 0 Å². The standard InChI is InChI=1S/C12H14ClN3/c13-10-7-3-6-9-11(14)15-12(16(9)10)8-4-1-2-5-8/h3,6-8H,1-2,4-5,14H2. The molecule has 0 atom stereocenters. The first kappa shape index (κ1) is 9.97. The van der Waals surface area contributed by atoms with Crippen molar-refractivity contribution in [2.75, 3.05) is 5.73 Å². The van der Waals surface area contributed by atoms with Crippen LogP contribution in [-0.4, -0.2) is 9.38 Å². The molecule has 16 heavy (non-hydrogen) atoms. The molecule has 0 radical (unpaired) electrons. The number of fused-ring (bicyclic) bond motifs is 1. The molecule has 2 heterocycles. The molecule has 1 aliphatic carbocycles. The van der Waals surface area contributed by atoms with Crippen LogP contribution in [0.2, 0.25) is 5.15 Å². The summed E-state index contributed by atoms with van der Waals surface area (Å²) in [7, 11) is 0. The zero-order chi connectivity index (χ0) is 11.1. The molecule has 84 valence electrons. The van der Waals surface area contributed by atoms with Crippen LogP contribution in [0.3, 0.4) is 0 Å². The maximum Gasteiger partial charge on any atom is 0.149 e. The average molecular weight is 236 g/mol. The van der Waals surface area contributed by atoms with Crippen LogP contribution in [0.1, 0.15) is 37.4 Å². The lowest BCUT2D eigenvalue weighted by Gasteiger charge is -2.08. The highest BCUT2D eigenvalue weighted by Gasteiger charge is 2.23. The number of nitrogens with zero attached hydrogens (tertiary/aromatic N) is 2. The van der Waals surface area contributed by atoms with E-state index in [0.29, 0.717) is 16.9 Å². The molecule has 3 nitrogen and oxygen atoms in total. The number of pyridine rings is 1. The van der Waals surface area contributed by atoms with E-state index in [4.69, 9.17) is 17.3 Å². The van der Waals surface area contributed by atoms with Gasteiger partial charge >= 0.3 is 0 Å². The number of rotatable bonds is 1. The molecule has 1 saturated carbocycles. The van der Waals surface area contributed by atoms with Crippen LogP contribution in [0.15, 0.2) is 18.2 Å². The highest BCUT2D eigenvalue weighted by molar-refractivity contribution is 6.29. The van der Waals surface area contributed by atoms with Crippen molar-refractivity contribution in [1.82, 2.24) is 9.38 Å². The minimum Gasteiger partial charge on any atom is -0.382 e. The number of aromatic nitrogens is 2. The molecule has 0 unspecified atom stereocenters. The van der Waals surface area contributed by atoms with E-state index < -0.39 is 0 Å². The average Bonchev–Trinajstić information content (AvgIpc) is 2.87. The summed E-state index contributed by atoms with van der Waals surface area (Å²) in [6.07, 6.45) is 4.96. The van der Waals surface area contributed by atoms with E-state index in [2.05, 4.69) is 4.98 Å². The molecule has 0 spiro atoms. The van der Waals surface area contributed by atoms with Crippen LogP contribution < -0.4 is 5.73 Å². The molecular formula is C12H14ClN3. The first-order chi connectivity index (χ1) is 7.77. The van der Waals surface area contributed by atoms with Gasteiger partial charge in [0.25, 0.3) is 0 Å². The summed E-state index contributed by atoms with van der Waals surface area (Å²) in [5.74, 6) is 2.14. The number of halogens is 1. The van der Waals surface area contributed by atoms with Gasteiger partial charge in [0.05, 0.1) is 5.52 Å². The Morgan fingerprint density at radius 2 is 2.06 bits per heavy atom. The minimum atomic E-state index is 0.518. The van der Waals surface area contributed by atoms with Crippen molar-refractivity contribution in [3.05, 3.63) is 29.2 Å². The van der Waals surface area contributed by atoms with Crippen molar-refractivity contribution in [3.63, 3.8) is 0 Å². The topological polar surface area (TPSA) is 43.3 Å². The lowest BCUT2D eigenvalue weighted by Crippen LogP contribution is -2.00. The third-order valence-electron chi connectivity index (χ3n) is 3.39. The van der Waals surface area contributed by atoms with Crippen molar-refractivity contribution >= 4 is 22.9 Å². The van der Waals surface area contributed by atoms with Gasteiger partial charge in [0, 0.05) is 5.92 Å². The van der Waals surface area contributed by atoms with Gasteiger partial charge < -0.3 is 5.73 Å². The Hall–Kier alpha value is -1.22. The van der Waals surface area contributed by atoms with Crippen LogP contribution in [-0.2, 0) is 0 Å². The van der Waals surface area contributed by atoms with Gasteiger partial charge in [0.2, 0.25) is 0 Å². The number of hydrogen-bond acceptors (Lipinski definition) is 2. The van der Waals surface area contributed by atoms with Crippen molar-refractivity contribution in [1.29, 1.82) is 0 Å². The zero-order valence-electron chi connectivity index (χ0n) is 8.99. The molecule has 2 aromatic heterocycles. The van der Waals surface area contributed by atoms with Gasteiger partial charge in [-0.25, -0.2) is 4.98 Å². The maximum atomic E-state index is 6.22. The molecule has 1 fully saturated rings. The Morgan fingerprint density at radius 1 is 1.31 bits per heavy atom. The van der Waals surface area contributed by atoms with Crippen LogP contribution in [0.25, 0.3) is 5.52 Å². The quantitative estimate of drug-likeness (QED) is 0.772. The lowest BCUT2D eigenvalue weighted by atomic mass is 10.1. The molecular weight excluding hydrogens is 222 g/mol. The molecule has 0 aromatic carbocycles. The summed E-state index contributed by atoms with van der Waals surface area (Å²) in [6.45, 7) is 0. The van der Waals surface area contributed by atoms with Gasteiger partial charge in [-0.3, -0.25) is 4.40 Å². The van der Waals surface area contributed by atoms with Crippen LogP contribution in [0, 0.1) is 0 Å². The van der Waals surface area contributed by atoms with Gasteiger partial charge in [-0.05, 0) is 25.0 Å². The molecule has 0 amide bonds. The number of nitrogens with two attached hydrogens (primary N) is 1. The van der Waals surface area contributed by atoms with E-state index in [9.17, 15) is 0 Å². The van der Waals surface area contributed by atoms with E-state index >= 15 is 0 Å². The summed E-state index contributed by atoms with van der Waals surface area (Å²) >= 11 is 6.22. The van der Waals surface area contributed by atoms with Crippen molar-refractivity contribution in [2.45, 2.75) is 31.6 Å². The molecule has 2 N–H and O–H groups in total. The van der Waals surface area contributed by atoms with Crippen LogP contribution in [0.4, 0.5) is 5.82 Å². The highest BCUT2D eigenvalue weighted by Crippen LogP contribution is 2.36. The first-order valence-electron chi connectivity index (χ1n) is 5.69. The van der Waals surface area contributed by atoms with Gasteiger partial charge in [-0.15, -0.1) is 0 Å². The highest BCUT2D eigenvalue weighted by atomic mass is 35.5. The summed E-state index contributed by atoms with van der Waals surface area (Å²) in [5.41, 5.74) is 6.85. The Labute approximate surface area is 99.2 Å². The monoisotopic (exact) mass is 235 g/mol. The lowest BCUT2D eigenvalue weighted by molar-refractivity contribution is 0.666. The third kappa shape index (κ3) is 1.39. The Morgan fingerprint density at radius 3 is 2.81 bits per heavy atom. The number of hydrogen-bond donors (Lipinski definition) is 1. The zero-order valence-corrected chi connectivity index (χ0v) is 9.74. The van der Waals surface area contributed by atoms with E-state index in [1.807, 2.05) is 22.6 Å². The first-order valence-corrected chi connectivity index (χ1v) is 6.07. The van der Waals surface area contributed by atoms with Crippen molar-refractivity contribution < 1.29 is 0 Å². The molecule has 1 aliphatic rings. The molecule has 0 aliphatic heterocycles. The fourth-order valence-electron chi connectivity index (χ4n) is 2.60. The second-order valence-corrected chi connectivity index (χ2v) is 4.79. The Bertz CT molecular complexity index is 526. The summed E-state index contributed by atoms with van der Waals surface area (Å²) < 4.78 is 1.99.